The summed E-state index contributed by atoms with van der Waals surface area (Å²) in [4.78, 5) is 11.7. The van der Waals surface area contributed by atoms with E-state index in [4.69, 9.17) is 9.47 Å². The number of nitrogens with one attached hydrogen (secondary N) is 1. The lowest BCUT2D eigenvalue weighted by molar-refractivity contribution is 0.0953. The van der Waals surface area contributed by atoms with Crippen LogP contribution < -0.4 is 14.8 Å². The van der Waals surface area contributed by atoms with Gasteiger partial charge in [0.25, 0.3) is 5.91 Å². The Morgan fingerprint density at radius 1 is 1.38 bits per heavy atom. The number of hydrogen-bond acceptors (Lipinski definition) is 3. The van der Waals surface area contributed by atoms with Gasteiger partial charge in [-0.25, -0.2) is 0 Å². The van der Waals surface area contributed by atoms with E-state index in [1.807, 2.05) is 0 Å². The van der Waals surface area contributed by atoms with Gasteiger partial charge in [0.15, 0.2) is 0 Å². The highest BCUT2D eigenvalue weighted by molar-refractivity contribution is 14.1. The zero-order valence-electron chi connectivity index (χ0n) is 9.25. The van der Waals surface area contributed by atoms with Crippen molar-refractivity contribution in [3.05, 3.63) is 23.8 Å². The summed E-state index contributed by atoms with van der Waals surface area (Å²) < 4.78 is 11.1. The van der Waals surface area contributed by atoms with Crippen molar-refractivity contribution in [3.8, 4) is 11.5 Å². The molecular weight excluding hydrogens is 321 g/mol. The van der Waals surface area contributed by atoms with E-state index >= 15 is 0 Å². The van der Waals surface area contributed by atoms with Gasteiger partial charge in [0, 0.05) is 17.0 Å². The third kappa shape index (κ3) is 3.26. The van der Waals surface area contributed by atoms with Gasteiger partial charge in [0.05, 0.1) is 19.8 Å². The molecule has 1 aromatic carbocycles. The van der Waals surface area contributed by atoms with Crippen molar-refractivity contribution in [2.45, 2.75) is 0 Å². The molecule has 0 unspecified atom stereocenters. The number of methoxy groups -OCH3 is 2. The molecule has 0 heterocycles. The first kappa shape index (κ1) is 13.1. The number of rotatable bonds is 5. The standard InChI is InChI=1S/C11H14INO3/c1-15-8-3-4-9(10(7-8)16-2)11(14)13-6-5-12/h3-4,7H,5-6H2,1-2H3,(H,13,14). The third-order valence-electron chi connectivity index (χ3n) is 2.03. The van der Waals surface area contributed by atoms with E-state index in [1.54, 1.807) is 25.3 Å². The van der Waals surface area contributed by atoms with Crippen LogP contribution in [0.2, 0.25) is 0 Å². The number of amides is 1. The van der Waals surface area contributed by atoms with E-state index in [1.165, 1.54) is 7.11 Å². The number of carbonyl (C=O) groups is 1. The molecule has 88 valence electrons. The van der Waals surface area contributed by atoms with Crippen LogP contribution in [-0.4, -0.2) is 31.1 Å². The summed E-state index contributed by atoms with van der Waals surface area (Å²) in [6.07, 6.45) is 0. The molecule has 1 N–H and O–H groups in total. The molecule has 5 heteroatoms. The second kappa shape index (κ2) is 6.57. The van der Waals surface area contributed by atoms with Crippen LogP contribution in [0, 0.1) is 0 Å². The molecule has 16 heavy (non-hydrogen) atoms. The summed E-state index contributed by atoms with van der Waals surface area (Å²) in [6.45, 7) is 0.647. The van der Waals surface area contributed by atoms with E-state index in [0.717, 1.165) is 4.43 Å². The minimum absolute atomic E-state index is 0.129. The smallest absolute Gasteiger partial charge is 0.255 e. The van der Waals surface area contributed by atoms with Crippen LogP contribution in [0.3, 0.4) is 0 Å². The average Bonchev–Trinajstić information content (AvgIpc) is 2.34. The predicted octanol–water partition coefficient (Wildman–Crippen LogP) is 1.87. The Bertz CT molecular complexity index is 368. The molecule has 0 radical (unpaired) electrons. The number of halogens is 1. The molecule has 0 spiro atoms. The Morgan fingerprint density at radius 2 is 2.12 bits per heavy atom. The van der Waals surface area contributed by atoms with E-state index < -0.39 is 0 Å². The highest BCUT2D eigenvalue weighted by Gasteiger charge is 2.12. The Morgan fingerprint density at radius 3 is 2.69 bits per heavy atom. The first-order valence-corrected chi connectivity index (χ1v) is 6.31. The fourth-order valence-corrected chi connectivity index (χ4v) is 1.51. The quantitative estimate of drug-likeness (QED) is 0.660. The van der Waals surface area contributed by atoms with Crippen LogP contribution in [0.25, 0.3) is 0 Å². The molecule has 0 aliphatic heterocycles. The van der Waals surface area contributed by atoms with Gasteiger partial charge in [0.2, 0.25) is 0 Å². The summed E-state index contributed by atoms with van der Waals surface area (Å²) in [5.74, 6) is 1.06. The molecule has 0 aromatic heterocycles. The second-order valence-electron chi connectivity index (χ2n) is 3.01. The largest absolute Gasteiger partial charge is 0.497 e. The van der Waals surface area contributed by atoms with Gasteiger partial charge in [-0.2, -0.15) is 0 Å². The average molecular weight is 335 g/mol. The molecule has 1 aromatic rings. The van der Waals surface area contributed by atoms with Gasteiger partial charge in [-0.3, -0.25) is 4.79 Å². The fourth-order valence-electron chi connectivity index (χ4n) is 1.24. The first-order chi connectivity index (χ1) is 7.72. The number of ether oxygens (including phenoxy) is 2. The Hall–Kier alpha value is -0.980. The molecule has 0 atom stereocenters. The van der Waals surface area contributed by atoms with Crippen molar-refractivity contribution < 1.29 is 14.3 Å². The highest BCUT2D eigenvalue weighted by Crippen LogP contribution is 2.24. The topological polar surface area (TPSA) is 47.6 Å². The molecule has 0 bridgehead atoms. The Balaban J connectivity index is 2.90. The molecule has 0 saturated heterocycles. The third-order valence-corrected chi connectivity index (χ3v) is 2.57. The summed E-state index contributed by atoms with van der Waals surface area (Å²) >= 11 is 2.20. The second-order valence-corrected chi connectivity index (χ2v) is 4.09. The summed E-state index contributed by atoms with van der Waals surface area (Å²) in [7, 11) is 3.11. The first-order valence-electron chi connectivity index (χ1n) is 4.79. The maximum atomic E-state index is 11.7. The van der Waals surface area contributed by atoms with E-state index in [2.05, 4.69) is 27.9 Å². The van der Waals surface area contributed by atoms with Crippen LogP contribution in [0.15, 0.2) is 18.2 Å². The predicted molar refractivity (Wildman–Crippen MR) is 70.8 cm³/mol. The minimum atomic E-state index is -0.129. The zero-order chi connectivity index (χ0) is 12.0. The van der Waals surface area contributed by atoms with Crippen LogP contribution in [0.1, 0.15) is 10.4 Å². The molecule has 1 rings (SSSR count). The normalized spacial score (nSPS) is 9.69. The zero-order valence-corrected chi connectivity index (χ0v) is 11.4. The highest BCUT2D eigenvalue weighted by atomic mass is 127. The lowest BCUT2D eigenvalue weighted by Crippen LogP contribution is -2.25. The minimum Gasteiger partial charge on any atom is -0.497 e. The van der Waals surface area contributed by atoms with E-state index in [0.29, 0.717) is 23.6 Å². The monoisotopic (exact) mass is 335 g/mol. The number of benzene rings is 1. The van der Waals surface area contributed by atoms with Crippen molar-refractivity contribution in [3.63, 3.8) is 0 Å². The maximum Gasteiger partial charge on any atom is 0.255 e. The number of carbonyl (C=O) groups excluding carboxylic acids is 1. The summed E-state index contributed by atoms with van der Waals surface area (Å²) in [5, 5.41) is 2.79. The lowest BCUT2D eigenvalue weighted by atomic mass is 10.2. The van der Waals surface area contributed by atoms with Gasteiger partial charge < -0.3 is 14.8 Å². The van der Waals surface area contributed by atoms with Crippen LogP contribution in [-0.2, 0) is 0 Å². The van der Waals surface area contributed by atoms with Crippen LogP contribution >= 0.6 is 22.6 Å². The van der Waals surface area contributed by atoms with Gasteiger partial charge in [-0.15, -0.1) is 0 Å². The molecular formula is C11H14INO3. The number of hydrogen-bond donors (Lipinski definition) is 1. The summed E-state index contributed by atoms with van der Waals surface area (Å²) in [6, 6.07) is 5.13. The molecule has 0 fully saturated rings. The Labute approximate surface area is 108 Å². The van der Waals surface area contributed by atoms with Crippen LogP contribution in [0.5, 0.6) is 11.5 Å². The SMILES string of the molecule is COc1ccc(C(=O)NCCI)c(OC)c1. The van der Waals surface area contributed by atoms with Crippen molar-refractivity contribution in [2.75, 3.05) is 25.2 Å². The molecule has 0 aliphatic rings. The van der Waals surface area contributed by atoms with Crippen LogP contribution in [0.4, 0.5) is 0 Å². The molecule has 4 nitrogen and oxygen atoms in total. The molecule has 1 amide bonds. The fraction of sp³-hybridized carbons (Fsp3) is 0.364. The van der Waals surface area contributed by atoms with Crippen molar-refractivity contribution >= 4 is 28.5 Å². The van der Waals surface area contributed by atoms with Gasteiger partial charge in [-0.1, -0.05) is 22.6 Å². The Kier molecular flexibility index (Phi) is 5.37. The van der Waals surface area contributed by atoms with Crippen molar-refractivity contribution in [2.24, 2.45) is 0 Å². The lowest BCUT2D eigenvalue weighted by Gasteiger charge is -2.10. The van der Waals surface area contributed by atoms with E-state index in [9.17, 15) is 4.79 Å². The van der Waals surface area contributed by atoms with Gasteiger partial charge >= 0.3 is 0 Å². The maximum absolute atomic E-state index is 11.7. The summed E-state index contributed by atoms with van der Waals surface area (Å²) in [5.41, 5.74) is 0.521. The van der Waals surface area contributed by atoms with Gasteiger partial charge in [-0.05, 0) is 12.1 Å². The van der Waals surface area contributed by atoms with Gasteiger partial charge in [0.1, 0.15) is 11.5 Å². The molecule has 0 saturated carbocycles. The number of alkyl halides is 1. The molecule has 0 aliphatic carbocycles. The van der Waals surface area contributed by atoms with Crippen molar-refractivity contribution in [1.29, 1.82) is 0 Å². The van der Waals surface area contributed by atoms with E-state index in [-0.39, 0.29) is 5.91 Å². The van der Waals surface area contributed by atoms with Crippen molar-refractivity contribution in [1.82, 2.24) is 5.32 Å².